The van der Waals surface area contributed by atoms with E-state index in [0.29, 0.717) is 50.4 Å². The number of halogens is 3. The van der Waals surface area contributed by atoms with Gasteiger partial charge in [0.1, 0.15) is 5.82 Å². The van der Waals surface area contributed by atoms with Gasteiger partial charge in [0, 0.05) is 44.0 Å². The van der Waals surface area contributed by atoms with E-state index < -0.39 is 0 Å². The topological polar surface area (TPSA) is 78.7 Å². The van der Waals surface area contributed by atoms with E-state index in [1.165, 1.54) is 24.3 Å². The summed E-state index contributed by atoms with van der Waals surface area (Å²) in [6.45, 7) is 2.76. The number of piperazine rings is 1. The van der Waals surface area contributed by atoms with Crippen LogP contribution in [0.5, 0.6) is 0 Å². The van der Waals surface area contributed by atoms with Gasteiger partial charge >= 0.3 is 0 Å². The number of nitrogens with one attached hydrogen (secondary N) is 1. The molecule has 3 N–H and O–H groups in total. The van der Waals surface area contributed by atoms with E-state index in [0.717, 1.165) is 5.56 Å². The lowest BCUT2D eigenvalue weighted by molar-refractivity contribution is -0.133. The summed E-state index contributed by atoms with van der Waals surface area (Å²) in [4.78, 5) is 28.4. The largest absolute Gasteiger partial charge is 0.399 e. The highest BCUT2D eigenvalue weighted by atomic mass is 35.5. The lowest BCUT2D eigenvalue weighted by Crippen LogP contribution is -2.50. The molecule has 0 radical (unpaired) electrons. The molecular formula is C21H27Cl2FN4O2. The third kappa shape index (κ3) is 7.48. The van der Waals surface area contributed by atoms with E-state index in [1.54, 1.807) is 0 Å². The number of hydrogen-bond acceptors (Lipinski definition) is 4. The van der Waals surface area contributed by atoms with Crippen molar-refractivity contribution in [2.24, 2.45) is 0 Å². The molecule has 0 unspecified atom stereocenters. The lowest BCUT2D eigenvalue weighted by Gasteiger charge is -2.34. The number of nitrogens with zero attached hydrogens (tertiary/aromatic N) is 2. The Kier molecular flexibility index (Phi) is 10.6. The van der Waals surface area contributed by atoms with Gasteiger partial charge in [-0.15, -0.1) is 24.8 Å². The average Bonchev–Trinajstić information content (AvgIpc) is 2.69. The molecule has 1 aliphatic heterocycles. The van der Waals surface area contributed by atoms with Crippen LogP contribution in [-0.4, -0.2) is 54.3 Å². The van der Waals surface area contributed by atoms with E-state index >= 15 is 0 Å². The van der Waals surface area contributed by atoms with Crippen LogP contribution in [0, 0.1) is 5.82 Å². The van der Waals surface area contributed by atoms with Crippen LogP contribution >= 0.6 is 24.8 Å². The van der Waals surface area contributed by atoms with Crippen LogP contribution in [0.4, 0.5) is 15.8 Å². The summed E-state index contributed by atoms with van der Waals surface area (Å²) in [5, 5.41) is 2.75. The van der Waals surface area contributed by atoms with Gasteiger partial charge in [0.2, 0.25) is 11.8 Å². The van der Waals surface area contributed by atoms with E-state index in [4.69, 9.17) is 5.73 Å². The standard InChI is InChI=1S/C21H25FN4O2.2ClH/c22-17-6-8-18(9-7-17)24-20(27)15-25-11-13-26(14-12-25)21(28)10-5-16-3-1-2-4-19(16)23;;/h1-4,6-9H,5,10-15,23H2,(H,24,27);2*1H. The molecule has 2 aromatic rings. The molecule has 9 heteroatoms. The molecule has 1 aliphatic rings. The van der Waals surface area contributed by atoms with Gasteiger partial charge in [-0.3, -0.25) is 14.5 Å². The Morgan fingerprint density at radius 2 is 1.60 bits per heavy atom. The Hall–Kier alpha value is -2.35. The summed E-state index contributed by atoms with van der Waals surface area (Å²) >= 11 is 0. The van der Waals surface area contributed by atoms with Crippen LogP contribution in [-0.2, 0) is 16.0 Å². The van der Waals surface area contributed by atoms with Gasteiger partial charge in [0.05, 0.1) is 6.54 Å². The zero-order valence-electron chi connectivity index (χ0n) is 16.6. The summed E-state index contributed by atoms with van der Waals surface area (Å²) in [5.74, 6) is -0.377. The van der Waals surface area contributed by atoms with E-state index in [-0.39, 0.29) is 49.0 Å². The number of aryl methyl sites for hydroxylation is 1. The molecule has 1 saturated heterocycles. The van der Waals surface area contributed by atoms with Crippen LogP contribution in [0.3, 0.4) is 0 Å². The summed E-state index contributed by atoms with van der Waals surface area (Å²) in [6, 6.07) is 13.3. The number of carbonyl (C=O) groups excluding carboxylic acids is 2. The maximum Gasteiger partial charge on any atom is 0.238 e. The molecule has 6 nitrogen and oxygen atoms in total. The number of nitrogens with two attached hydrogens (primary N) is 1. The van der Waals surface area contributed by atoms with Crippen LogP contribution in [0.25, 0.3) is 0 Å². The quantitative estimate of drug-likeness (QED) is 0.654. The zero-order valence-corrected chi connectivity index (χ0v) is 18.2. The lowest BCUT2D eigenvalue weighted by atomic mass is 10.1. The monoisotopic (exact) mass is 456 g/mol. The number of benzene rings is 2. The average molecular weight is 457 g/mol. The van der Waals surface area contributed by atoms with Crippen molar-refractivity contribution in [3.8, 4) is 0 Å². The first kappa shape index (κ1) is 25.7. The number of anilines is 2. The third-order valence-corrected chi connectivity index (χ3v) is 4.88. The first-order valence-corrected chi connectivity index (χ1v) is 9.40. The van der Waals surface area contributed by atoms with Crippen molar-refractivity contribution in [1.29, 1.82) is 0 Å². The van der Waals surface area contributed by atoms with Gasteiger partial charge in [0.15, 0.2) is 0 Å². The Morgan fingerprint density at radius 3 is 2.23 bits per heavy atom. The molecule has 0 spiro atoms. The molecule has 1 fully saturated rings. The highest BCUT2D eigenvalue weighted by Gasteiger charge is 2.22. The van der Waals surface area contributed by atoms with E-state index in [1.807, 2.05) is 34.1 Å². The maximum absolute atomic E-state index is 12.9. The van der Waals surface area contributed by atoms with Crippen LogP contribution in [0.2, 0.25) is 0 Å². The molecular weight excluding hydrogens is 430 g/mol. The molecule has 0 atom stereocenters. The minimum atomic E-state index is -0.339. The third-order valence-electron chi connectivity index (χ3n) is 4.88. The zero-order chi connectivity index (χ0) is 19.9. The molecule has 0 saturated carbocycles. The van der Waals surface area contributed by atoms with Gasteiger partial charge in [0.25, 0.3) is 0 Å². The molecule has 1 heterocycles. The number of rotatable bonds is 6. The molecule has 0 aromatic heterocycles. The second-order valence-corrected chi connectivity index (χ2v) is 6.91. The molecule has 3 rings (SSSR count). The van der Waals surface area contributed by atoms with Crippen molar-refractivity contribution in [3.63, 3.8) is 0 Å². The highest BCUT2D eigenvalue weighted by Crippen LogP contribution is 2.14. The first-order valence-electron chi connectivity index (χ1n) is 9.40. The van der Waals surface area contributed by atoms with Crippen LogP contribution in [0.15, 0.2) is 48.5 Å². The number of carbonyl (C=O) groups is 2. The van der Waals surface area contributed by atoms with Crippen molar-refractivity contribution in [3.05, 3.63) is 59.9 Å². The van der Waals surface area contributed by atoms with Crippen molar-refractivity contribution >= 4 is 48.0 Å². The number of nitrogen functional groups attached to an aromatic ring is 1. The fourth-order valence-corrected chi connectivity index (χ4v) is 3.25. The number of amides is 2. The molecule has 164 valence electrons. The Morgan fingerprint density at radius 1 is 0.967 bits per heavy atom. The van der Waals surface area contributed by atoms with Crippen LogP contribution in [0.1, 0.15) is 12.0 Å². The first-order chi connectivity index (χ1) is 13.5. The number of para-hydroxylation sites is 1. The van der Waals surface area contributed by atoms with Crippen molar-refractivity contribution in [1.82, 2.24) is 9.80 Å². The maximum atomic E-state index is 12.9. The SMILES string of the molecule is Cl.Cl.Nc1ccccc1CCC(=O)N1CCN(CC(=O)Nc2ccc(F)cc2)CC1. The second kappa shape index (κ2) is 12.4. The van der Waals surface area contributed by atoms with Crippen molar-refractivity contribution in [2.75, 3.05) is 43.8 Å². The minimum Gasteiger partial charge on any atom is -0.399 e. The molecule has 0 bridgehead atoms. The molecule has 0 aliphatic carbocycles. The fourth-order valence-electron chi connectivity index (χ4n) is 3.25. The fraction of sp³-hybridized carbons (Fsp3) is 0.333. The molecule has 30 heavy (non-hydrogen) atoms. The normalized spacial score (nSPS) is 13.7. The Balaban J connectivity index is 0.00000225. The summed E-state index contributed by atoms with van der Waals surface area (Å²) in [5.41, 5.74) is 8.20. The van der Waals surface area contributed by atoms with Gasteiger partial charge in [-0.2, -0.15) is 0 Å². The summed E-state index contributed by atoms with van der Waals surface area (Å²) < 4.78 is 12.9. The Bertz CT molecular complexity index is 828. The van der Waals surface area contributed by atoms with E-state index in [2.05, 4.69) is 5.32 Å². The minimum absolute atomic E-state index is 0. The summed E-state index contributed by atoms with van der Waals surface area (Å²) in [6.07, 6.45) is 1.06. The van der Waals surface area contributed by atoms with Gasteiger partial charge in [-0.1, -0.05) is 18.2 Å². The highest BCUT2D eigenvalue weighted by molar-refractivity contribution is 5.92. The molecule has 2 amide bonds. The smallest absolute Gasteiger partial charge is 0.238 e. The van der Waals surface area contributed by atoms with Gasteiger partial charge < -0.3 is 16.0 Å². The van der Waals surface area contributed by atoms with Gasteiger partial charge in [-0.05, 0) is 42.3 Å². The number of hydrogen-bond donors (Lipinski definition) is 2. The predicted molar refractivity (Wildman–Crippen MR) is 122 cm³/mol. The van der Waals surface area contributed by atoms with E-state index in [9.17, 15) is 14.0 Å². The van der Waals surface area contributed by atoms with Gasteiger partial charge in [-0.25, -0.2) is 4.39 Å². The Labute approximate surface area is 188 Å². The van der Waals surface area contributed by atoms with Crippen molar-refractivity contribution < 1.29 is 14.0 Å². The predicted octanol–water partition coefficient (Wildman–Crippen LogP) is 2.97. The van der Waals surface area contributed by atoms with Crippen molar-refractivity contribution in [2.45, 2.75) is 12.8 Å². The molecule has 2 aromatic carbocycles. The summed E-state index contributed by atoms with van der Waals surface area (Å²) in [7, 11) is 0. The van der Waals surface area contributed by atoms with Crippen LogP contribution < -0.4 is 11.1 Å². The second-order valence-electron chi connectivity index (χ2n) is 6.91.